The number of nitriles is 1. The molecule has 2 aromatic rings. The number of anilines is 1. The Morgan fingerprint density at radius 3 is 2.12 bits per heavy atom. The lowest BCUT2D eigenvalue weighted by Gasteiger charge is -2.25. The first-order valence-corrected chi connectivity index (χ1v) is 10.1. The molecule has 0 radical (unpaired) electrons. The van der Waals surface area contributed by atoms with Crippen LogP contribution < -0.4 is 4.90 Å². The van der Waals surface area contributed by atoms with Crippen molar-refractivity contribution in [2.24, 2.45) is 10.2 Å². The largest absolute Gasteiger partial charge is 0.481 e. The molecular formula is C22H23N5O6. The molecule has 0 bridgehead atoms. The summed E-state index contributed by atoms with van der Waals surface area (Å²) in [4.78, 5) is 33.9. The van der Waals surface area contributed by atoms with E-state index in [0.29, 0.717) is 31.6 Å². The van der Waals surface area contributed by atoms with Crippen LogP contribution in [-0.4, -0.2) is 40.2 Å². The lowest BCUT2D eigenvalue weighted by molar-refractivity contribution is -0.384. The molecule has 0 saturated heterocycles. The highest BCUT2D eigenvalue weighted by Gasteiger charge is 2.12. The zero-order valence-electron chi connectivity index (χ0n) is 18.0. The maximum Gasteiger partial charge on any atom is 0.303 e. The van der Waals surface area contributed by atoms with Crippen LogP contribution in [0.5, 0.6) is 0 Å². The van der Waals surface area contributed by atoms with Crippen molar-refractivity contribution in [1.29, 1.82) is 5.26 Å². The normalized spacial score (nSPS) is 10.7. The number of nitrogens with zero attached hydrogens (tertiary/aromatic N) is 5. The number of hydrogen-bond donors (Lipinski definition) is 2. The van der Waals surface area contributed by atoms with Crippen molar-refractivity contribution in [3.8, 4) is 6.07 Å². The predicted molar refractivity (Wildman–Crippen MR) is 119 cm³/mol. The van der Waals surface area contributed by atoms with Gasteiger partial charge in [0.15, 0.2) is 0 Å². The molecule has 0 amide bonds. The van der Waals surface area contributed by atoms with Crippen molar-refractivity contribution in [2.75, 3.05) is 18.0 Å². The fraction of sp³-hybridized carbons (Fsp3) is 0.318. The lowest BCUT2D eigenvalue weighted by Crippen LogP contribution is -2.26. The van der Waals surface area contributed by atoms with Crippen molar-refractivity contribution in [2.45, 2.75) is 32.6 Å². The second-order valence-electron chi connectivity index (χ2n) is 7.22. The van der Waals surface area contributed by atoms with Crippen LogP contribution in [0.25, 0.3) is 0 Å². The topological polar surface area (TPSA) is 169 Å². The Balaban J connectivity index is 2.21. The summed E-state index contributed by atoms with van der Waals surface area (Å²) in [5.74, 6) is -1.79. The highest BCUT2D eigenvalue weighted by atomic mass is 16.6. The number of nitro benzene ring substituents is 1. The molecule has 0 saturated carbocycles. The van der Waals surface area contributed by atoms with Crippen molar-refractivity contribution < 1.29 is 24.7 Å². The Bertz CT molecular complexity index is 1090. The van der Waals surface area contributed by atoms with Gasteiger partial charge in [-0.25, -0.2) is 0 Å². The van der Waals surface area contributed by atoms with E-state index in [1.165, 1.54) is 12.1 Å². The number of aryl methyl sites for hydroxylation is 1. The molecule has 0 aromatic heterocycles. The molecule has 2 aromatic carbocycles. The zero-order valence-corrected chi connectivity index (χ0v) is 18.0. The summed E-state index contributed by atoms with van der Waals surface area (Å²) in [5, 5.41) is 46.1. The first-order valence-electron chi connectivity index (χ1n) is 10.1. The maximum absolute atomic E-state index is 10.9. The second-order valence-corrected chi connectivity index (χ2v) is 7.22. The first-order chi connectivity index (χ1) is 15.7. The number of carboxylic acid groups (broad SMARTS) is 2. The minimum absolute atomic E-state index is 0.0111. The van der Waals surface area contributed by atoms with Crippen molar-refractivity contribution in [3.05, 3.63) is 57.6 Å². The van der Waals surface area contributed by atoms with Crippen LogP contribution in [0, 0.1) is 28.4 Å². The van der Waals surface area contributed by atoms with Gasteiger partial charge in [0.25, 0.3) is 5.69 Å². The van der Waals surface area contributed by atoms with E-state index >= 15 is 0 Å². The zero-order chi connectivity index (χ0) is 24.4. The molecule has 2 rings (SSSR count). The molecule has 0 aliphatic carbocycles. The quantitative estimate of drug-likeness (QED) is 0.264. The fourth-order valence-corrected chi connectivity index (χ4v) is 3.08. The molecule has 33 heavy (non-hydrogen) atoms. The summed E-state index contributed by atoms with van der Waals surface area (Å²) in [7, 11) is 0. The molecule has 0 unspecified atom stereocenters. The average Bonchev–Trinajstić information content (AvgIpc) is 2.76. The fourth-order valence-electron chi connectivity index (χ4n) is 3.08. The van der Waals surface area contributed by atoms with Gasteiger partial charge in [-0.2, -0.15) is 10.4 Å². The number of azo groups is 1. The Kier molecular flexibility index (Phi) is 8.99. The van der Waals surface area contributed by atoms with E-state index < -0.39 is 16.9 Å². The van der Waals surface area contributed by atoms with Gasteiger partial charge in [0.1, 0.15) is 11.8 Å². The second kappa shape index (κ2) is 11.9. The van der Waals surface area contributed by atoms with Crippen molar-refractivity contribution in [3.63, 3.8) is 0 Å². The highest BCUT2D eigenvalue weighted by molar-refractivity contribution is 5.67. The predicted octanol–water partition coefficient (Wildman–Crippen LogP) is 4.73. The summed E-state index contributed by atoms with van der Waals surface area (Å²) < 4.78 is 0. The Labute approximate surface area is 189 Å². The van der Waals surface area contributed by atoms with E-state index in [9.17, 15) is 25.0 Å². The SMILES string of the molecule is Cc1cc(N(CCCC(=O)O)CCCC(=O)O)ccc1/N=N/c1ccc([N+](=O)[O-])cc1C#N. The number of benzene rings is 2. The van der Waals surface area contributed by atoms with Crippen LogP contribution in [0.1, 0.15) is 36.8 Å². The maximum atomic E-state index is 10.9. The Morgan fingerprint density at radius 2 is 1.61 bits per heavy atom. The van der Waals surface area contributed by atoms with Crippen LogP contribution >= 0.6 is 0 Å². The number of carbonyl (C=O) groups is 2. The van der Waals surface area contributed by atoms with E-state index in [4.69, 9.17) is 10.2 Å². The van der Waals surface area contributed by atoms with Crippen LogP contribution in [0.3, 0.4) is 0 Å². The highest BCUT2D eigenvalue weighted by Crippen LogP contribution is 2.29. The summed E-state index contributed by atoms with van der Waals surface area (Å²) in [5.41, 5.74) is 2.11. The molecule has 11 heteroatoms. The van der Waals surface area contributed by atoms with E-state index in [1.807, 2.05) is 24.0 Å². The monoisotopic (exact) mass is 453 g/mol. The molecular weight excluding hydrogens is 430 g/mol. The van der Waals surface area contributed by atoms with Crippen molar-refractivity contribution in [1.82, 2.24) is 0 Å². The molecule has 0 fully saturated rings. The van der Waals surface area contributed by atoms with Crippen molar-refractivity contribution >= 4 is 34.7 Å². The summed E-state index contributed by atoms with van der Waals surface area (Å²) in [6, 6.07) is 11.0. The molecule has 0 aliphatic rings. The standard InChI is InChI=1S/C22H23N5O6/c1-15-12-17(26(10-2-4-21(28)29)11-3-5-22(30)31)6-8-19(15)24-25-20-9-7-18(27(32)33)13-16(20)14-23/h6-9,12-13H,2-5,10-11H2,1H3,(H,28,29)(H,30,31)/b25-24+. The van der Waals surface area contributed by atoms with Crippen LogP contribution in [-0.2, 0) is 9.59 Å². The molecule has 0 atom stereocenters. The van der Waals surface area contributed by atoms with Gasteiger partial charge in [-0.05, 0) is 49.6 Å². The van der Waals surface area contributed by atoms with E-state index in [0.717, 1.165) is 17.3 Å². The van der Waals surface area contributed by atoms with Gasteiger partial charge in [0, 0.05) is 43.8 Å². The number of non-ortho nitro benzene ring substituents is 1. The number of rotatable bonds is 12. The number of carboxylic acids is 2. The summed E-state index contributed by atoms with van der Waals surface area (Å²) in [6.07, 6.45) is 0.855. The number of hydrogen-bond acceptors (Lipinski definition) is 8. The van der Waals surface area contributed by atoms with E-state index in [1.54, 1.807) is 12.1 Å². The van der Waals surface area contributed by atoms with Gasteiger partial charge in [-0.1, -0.05) is 0 Å². The molecule has 172 valence electrons. The minimum Gasteiger partial charge on any atom is -0.481 e. The Hall–Kier alpha value is -4.33. The molecule has 0 spiro atoms. The molecule has 11 nitrogen and oxygen atoms in total. The molecule has 2 N–H and O–H groups in total. The van der Waals surface area contributed by atoms with E-state index in [-0.39, 0.29) is 29.8 Å². The number of aliphatic carboxylic acids is 2. The molecule has 0 heterocycles. The van der Waals surface area contributed by atoms with Gasteiger partial charge >= 0.3 is 11.9 Å². The van der Waals surface area contributed by atoms with Crippen LogP contribution in [0.4, 0.5) is 22.7 Å². The third-order valence-corrected chi connectivity index (χ3v) is 4.76. The smallest absolute Gasteiger partial charge is 0.303 e. The minimum atomic E-state index is -0.893. The summed E-state index contributed by atoms with van der Waals surface area (Å²) in [6.45, 7) is 2.73. The van der Waals surface area contributed by atoms with Gasteiger partial charge in [-0.3, -0.25) is 19.7 Å². The van der Waals surface area contributed by atoms with Gasteiger partial charge < -0.3 is 15.1 Å². The number of nitro groups is 1. The third kappa shape index (κ3) is 7.70. The first kappa shape index (κ1) is 24.9. The summed E-state index contributed by atoms with van der Waals surface area (Å²) >= 11 is 0. The van der Waals surface area contributed by atoms with Crippen LogP contribution in [0.2, 0.25) is 0 Å². The van der Waals surface area contributed by atoms with Gasteiger partial charge in [0.05, 0.1) is 16.2 Å². The lowest BCUT2D eigenvalue weighted by atomic mass is 10.1. The molecule has 0 aliphatic heterocycles. The Morgan fingerprint density at radius 1 is 1.03 bits per heavy atom. The van der Waals surface area contributed by atoms with E-state index in [2.05, 4.69) is 10.2 Å². The van der Waals surface area contributed by atoms with Gasteiger partial charge in [-0.15, -0.1) is 5.11 Å². The van der Waals surface area contributed by atoms with Crippen LogP contribution in [0.15, 0.2) is 46.6 Å². The third-order valence-electron chi connectivity index (χ3n) is 4.76. The average molecular weight is 453 g/mol. The van der Waals surface area contributed by atoms with Gasteiger partial charge in [0.2, 0.25) is 0 Å².